The zero-order valence-corrected chi connectivity index (χ0v) is 13.3. The summed E-state index contributed by atoms with van der Waals surface area (Å²) in [6.45, 7) is 2.33. The normalized spacial score (nSPS) is 12.7. The van der Waals surface area contributed by atoms with Crippen LogP contribution in [-0.2, 0) is 12.6 Å². The van der Waals surface area contributed by atoms with Crippen LogP contribution in [-0.4, -0.2) is 22.3 Å². The van der Waals surface area contributed by atoms with Gasteiger partial charge in [0.1, 0.15) is 0 Å². The van der Waals surface area contributed by atoms with E-state index in [1.54, 1.807) is 29.1 Å². The van der Waals surface area contributed by atoms with Crippen molar-refractivity contribution in [3.63, 3.8) is 0 Å². The van der Waals surface area contributed by atoms with Gasteiger partial charge in [-0.3, -0.25) is 14.9 Å². The molecule has 0 N–H and O–H groups in total. The summed E-state index contributed by atoms with van der Waals surface area (Å²) in [5.41, 5.74) is 0.289. The first-order chi connectivity index (χ1) is 11.0. The van der Waals surface area contributed by atoms with Crippen LogP contribution in [0.1, 0.15) is 23.3 Å². The average Bonchev–Trinajstić information content (AvgIpc) is 2.56. The molecule has 0 bridgehead atoms. The molecule has 0 amide bonds. The number of nitrogens with zero attached hydrogens (tertiary/aromatic N) is 3. The summed E-state index contributed by atoms with van der Waals surface area (Å²) in [5.74, 6) is -0.252. The summed E-state index contributed by atoms with van der Waals surface area (Å²) in [5, 5.41) is 11.0. The van der Waals surface area contributed by atoms with E-state index in [9.17, 15) is 14.9 Å². The van der Waals surface area contributed by atoms with E-state index in [4.69, 9.17) is 12.6 Å². The smallest absolute Gasteiger partial charge is 0.269 e. The minimum absolute atomic E-state index is 0.0636. The molecular formula is C16H15N3O3S. The van der Waals surface area contributed by atoms with E-state index in [0.29, 0.717) is 12.1 Å². The molecular weight excluding hydrogens is 314 g/mol. The van der Waals surface area contributed by atoms with Crippen LogP contribution >= 0.6 is 0 Å². The molecule has 2 rings (SSSR count). The standard InChI is InChI=1S/C16H15N3O3S/c1-2-17-16(23)14(18-10-4-3-5-11-18)15(20)12-6-8-13(9-7-12)19(21)22/h3-11,14H,2H2,1H3. The molecule has 0 radical (unpaired) electrons. The number of nitro benzene ring substituents is 1. The van der Waals surface area contributed by atoms with E-state index in [1.807, 2.05) is 13.0 Å². The number of carbonyl (C=O) groups excluding carboxylic acids is 1. The van der Waals surface area contributed by atoms with E-state index >= 15 is 0 Å². The second-order valence-corrected chi connectivity index (χ2v) is 5.12. The Morgan fingerprint density at radius 2 is 1.87 bits per heavy atom. The highest BCUT2D eigenvalue weighted by Crippen LogP contribution is 2.16. The van der Waals surface area contributed by atoms with Crippen LogP contribution < -0.4 is 4.57 Å². The van der Waals surface area contributed by atoms with Crippen molar-refractivity contribution in [1.82, 2.24) is 0 Å². The highest BCUT2D eigenvalue weighted by Gasteiger charge is 2.28. The lowest BCUT2D eigenvalue weighted by atomic mass is 10.0. The number of rotatable bonds is 6. The molecule has 0 aliphatic carbocycles. The number of Topliss-reactive ketones (excluding diaryl/α,β-unsaturated/α-hetero) is 1. The van der Waals surface area contributed by atoms with E-state index < -0.39 is 11.0 Å². The molecule has 1 atom stereocenters. The second kappa shape index (κ2) is 7.55. The Kier molecular flexibility index (Phi) is 5.48. The zero-order chi connectivity index (χ0) is 16.8. The monoisotopic (exact) mass is 329 g/mol. The molecule has 0 saturated carbocycles. The van der Waals surface area contributed by atoms with Gasteiger partial charge >= 0.3 is 0 Å². The molecule has 0 aliphatic rings. The van der Waals surface area contributed by atoms with Gasteiger partial charge in [0, 0.05) is 36.4 Å². The Morgan fingerprint density at radius 3 is 2.39 bits per heavy atom. The van der Waals surface area contributed by atoms with Gasteiger partial charge < -0.3 is 17.6 Å². The zero-order valence-electron chi connectivity index (χ0n) is 12.5. The van der Waals surface area contributed by atoms with Crippen LogP contribution in [0.5, 0.6) is 0 Å². The number of nitro groups is 1. The van der Waals surface area contributed by atoms with Crippen LogP contribution in [0.25, 0.3) is 0 Å². The van der Waals surface area contributed by atoms with Gasteiger partial charge in [0.15, 0.2) is 12.4 Å². The fourth-order valence-electron chi connectivity index (χ4n) is 2.11. The summed E-state index contributed by atoms with van der Waals surface area (Å²) in [6, 6.07) is 10.2. The summed E-state index contributed by atoms with van der Waals surface area (Å²) >= 11 is 5.28. The Bertz CT molecular complexity index is 730. The van der Waals surface area contributed by atoms with Crippen molar-refractivity contribution in [2.45, 2.75) is 13.0 Å². The van der Waals surface area contributed by atoms with E-state index in [2.05, 4.69) is 4.99 Å². The number of carbonyl (C=O) groups is 1. The fraction of sp³-hybridized carbons (Fsp3) is 0.188. The molecule has 1 unspecified atom stereocenters. The number of hydrogen-bond acceptors (Lipinski definition) is 5. The number of hydrogen-bond donors (Lipinski definition) is 0. The van der Waals surface area contributed by atoms with E-state index in [-0.39, 0.29) is 16.5 Å². The molecule has 0 spiro atoms. The molecule has 2 aromatic rings. The molecule has 1 aromatic carbocycles. The van der Waals surface area contributed by atoms with Crippen molar-refractivity contribution in [3.05, 3.63) is 70.5 Å². The van der Waals surface area contributed by atoms with Gasteiger partial charge in [-0.15, -0.1) is 0 Å². The lowest BCUT2D eigenvalue weighted by Gasteiger charge is -2.18. The number of pyridine rings is 1. The predicted octanol–water partition coefficient (Wildman–Crippen LogP) is 2.27. The lowest BCUT2D eigenvalue weighted by Crippen LogP contribution is -2.47. The van der Waals surface area contributed by atoms with Gasteiger partial charge in [-0.2, -0.15) is 4.57 Å². The highest BCUT2D eigenvalue weighted by atomic mass is 32.1. The summed E-state index contributed by atoms with van der Waals surface area (Å²) < 4.78 is 1.69. The first-order valence-electron chi connectivity index (χ1n) is 7.00. The largest absolute Gasteiger partial charge is 0.758 e. The van der Waals surface area contributed by atoms with Crippen molar-refractivity contribution >= 4 is 29.1 Å². The van der Waals surface area contributed by atoms with Crippen LogP contribution in [0.4, 0.5) is 5.69 Å². The van der Waals surface area contributed by atoms with Gasteiger partial charge in [-0.25, -0.2) is 0 Å². The third kappa shape index (κ3) is 3.95. The van der Waals surface area contributed by atoms with Crippen molar-refractivity contribution in [3.8, 4) is 0 Å². The topological polar surface area (TPSA) is 76.4 Å². The SMILES string of the molecule is CCN=C([S-])C(C(=O)c1ccc([N+](=O)[O-])cc1)[n+]1ccccc1. The van der Waals surface area contributed by atoms with E-state index in [0.717, 1.165) is 0 Å². The van der Waals surface area contributed by atoms with Crippen molar-refractivity contribution in [2.24, 2.45) is 4.99 Å². The maximum atomic E-state index is 12.8. The summed E-state index contributed by atoms with van der Waals surface area (Å²) in [7, 11) is 0. The number of benzene rings is 1. The van der Waals surface area contributed by atoms with Crippen LogP contribution in [0, 0.1) is 10.1 Å². The maximum absolute atomic E-state index is 12.8. The first kappa shape index (κ1) is 16.7. The van der Waals surface area contributed by atoms with Crippen LogP contribution in [0.2, 0.25) is 0 Å². The number of non-ortho nitro benzene ring substituents is 1. The van der Waals surface area contributed by atoms with Gasteiger partial charge in [-0.05, 0) is 24.1 Å². The minimum atomic E-state index is -0.743. The van der Waals surface area contributed by atoms with Crippen molar-refractivity contribution in [2.75, 3.05) is 6.54 Å². The minimum Gasteiger partial charge on any atom is -0.758 e. The molecule has 0 aliphatic heterocycles. The molecule has 0 saturated heterocycles. The molecule has 118 valence electrons. The Morgan fingerprint density at radius 1 is 1.26 bits per heavy atom. The van der Waals surface area contributed by atoms with E-state index in [1.165, 1.54) is 24.3 Å². The molecule has 6 nitrogen and oxygen atoms in total. The summed E-state index contributed by atoms with van der Waals surface area (Å²) in [6.07, 6.45) is 3.48. The molecule has 1 heterocycles. The first-order valence-corrected chi connectivity index (χ1v) is 7.41. The molecule has 7 heteroatoms. The second-order valence-electron chi connectivity index (χ2n) is 4.71. The molecule has 1 aromatic heterocycles. The third-order valence-corrected chi connectivity index (χ3v) is 3.55. The molecule has 0 fully saturated rings. The maximum Gasteiger partial charge on any atom is 0.269 e. The number of aromatic nitrogens is 1. The predicted molar refractivity (Wildman–Crippen MR) is 88.4 cm³/mol. The fourth-order valence-corrected chi connectivity index (χ4v) is 2.46. The number of aliphatic imine (C=N–C) groups is 1. The van der Waals surface area contributed by atoms with Crippen LogP contribution in [0.15, 0.2) is 59.9 Å². The Balaban J connectivity index is 2.41. The van der Waals surface area contributed by atoms with Crippen molar-refractivity contribution in [1.29, 1.82) is 0 Å². The van der Waals surface area contributed by atoms with Crippen molar-refractivity contribution < 1.29 is 14.3 Å². The quantitative estimate of drug-likeness (QED) is 0.155. The van der Waals surface area contributed by atoms with Gasteiger partial charge in [-0.1, -0.05) is 6.07 Å². The Hall–Kier alpha value is -2.67. The van der Waals surface area contributed by atoms with Gasteiger partial charge in [0.05, 0.1) is 4.92 Å². The lowest BCUT2D eigenvalue weighted by molar-refractivity contribution is -0.691. The third-order valence-electron chi connectivity index (χ3n) is 3.20. The molecule has 23 heavy (non-hydrogen) atoms. The number of ketones is 1. The average molecular weight is 329 g/mol. The summed E-state index contributed by atoms with van der Waals surface area (Å²) in [4.78, 5) is 27.2. The van der Waals surface area contributed by atoms with Gasteiger partial charge in [0.2, 0.25) is 11.8 Å². The van der Waals surface area contributed by atoms with Gasteiger partial charge in [0.25, 0.3) is 5.69 Å². The highest BCUT2D eigenvalue weighted by molar-refractivity contribution is 7.77. The Labute approximate surface area is 139 Å². The van der Waals surface area contributed by atoms with Crippen LogP contribution in [0.3, 0.4) is 0 Å².